The first-order valence-corrected chi connectivity index (χ1v) is 11.7. The van der Waals surface area contributed by atoms with Gasteiger partial charge in [0.15, 0.2) is 5.78 Å². The highest BCUT2D eigenvalue weighted by Crippen LogP contribution is 2.46. The predicted molar refractivity (Wildman–Crippen MR) is 117 cm³/mol. The first-order chi connectivity index (χ1) is 14.0. The Balaban J connectivity index is 1.72. The molecule has 2 atom stereocenters. The maximum atomic E-state index is 13.3. The molecule has 2 aromatic rings. The number of hydrogen-bond donors (Lipinski definition) is 1. The van der Waals surface area contributed by atoms with E-state index in [9.17, 15) is 9.59 Å². The van der Waals surface area contributed by atoms with Gasteiger partial charge in [0.2, 0.25) is 0 Å². The minimum absolute atomic E-state index is 0.120. The van der Waals surface area contributed by atoms with Gasteiger partial charge >= 0.3 is 5.97 Å². The molecule has 2 aliphatic rings. The fraction of sp³-hybridized carbons (Fsp3) is 0.391. The zero-order valence-electron chi connectivity index (χ0n) is 16.9. The van der Waals surface area contributed by atoms with E-state index in [-0.39, 0.29) is 29.5 Å². The third-order valence-corrected chi connectivity index (χ3v) is 7.15. The van der Waals surface area contributed by atoms with Gasteiger partial charge in [0.05, 0.1) is 12.2 Å². The zero-order valence-corrected chi connectivity index (χ0v) is 18.5. The summed E-state index contributed by atoms with van der Waals surface area (Å²) in [4.78, 5) is 27.6. The summed E-state index contributed by atoms with van der Waals surface area (Å²) in [5, 5.41) is 9.47. The second-order valence-corrected chi connectivity index (χ2v) is 9.84. The van der Waals surface area contributed by atoms with Crippen LogP contribution in [0.2, 0.25) is 0 Å². The van der Waals surface area contributed by atoms with Gasteiger partial charge in [0, 0.05) is 40.1 Å². The number of thiophene rings is 2. The monoisotopic (exact) mass is 427 g/mol. The van der Waals surface area contributed by atoms with Gasteiger partial charge in [-0.2, -0.15) is 11.3 Å². The van der Waals surface area contributed by atoms with E-state index in [1.807, 2.05) is 43.7 Å². The van der Waals surface area contributed by atoms with Crippen molar-refractivity contribution < 1.29 is 14.3 Å². The Morgan fingerprint density at radius 2 is 2.10 bits per heavy atom. The fourth-order valence-corrected chi connectivity index (χ4v) is 5.64. The van der Waals surface area contributed by atoms with Gasteiger partial charge < -0.3 is 10.1 Å². The number of allylic oxidation sites excluding steroid dienone is 3. The number of esters is 1. The van der Waals surface area contributed by atoms with Crippen LogP contribution in [0.4, 0.5) is 0 Å². The average molecular weight is 428 g/mol. The molecule has 1 aliphatic carbocycles. The predicted octanol–water partition coefficient (Wildman–Crippen LogP) is 5.37. The number of carbonyl (C=O) groups excluding carboxylic acids is 2. The van der Waals surface area contributed by atoms with Gasteiger partial charge in [-0.1, -0.05) is 19.9 Å². The molecule has 2 aromatic heterocycles. The first-order valence-electron chi connectivity index (χ1n) is 9.92. The highest BCUT2D eigenvalue weighted by atomic mass is 32.1. The third-order valence-electron chi connectivity index (χ3n) is 5.42. The second kappa shape index (κ2) is 8.28. The van der Waals surface area contributed by atoms with Crippen molar-refractivity contribution in [3.8, 4) is 0 Å². The Labute approximate surface area is 179 Å². The van der Waals surface area contributed by atoms with Gasteiger partial charge in [-0.25, -0.2) is 4.79 Å². The van der Waals surface area contributed by atoms with Crippen molar-refractivity contribution in [1.82, 2.24) is 5.32 Å². The number of carbonyl (C=O) groups is 2. The molecule has 0 bridgehead atoms. The molecule has 4 rings (SSSR count). The number of dihydropyridines is 1. The van der Waals surface area contributed by atoms with Crippen molar-refractivity contribution in [3.05, 3.63) is 67.3 Å². The van der Waals surface area contributed by atoms with Crippen molar-refractivity contribution in [2.75, 3.05) is 6.61 Å². The molecule has 0 radical (unpaired) electrons. The summed E-state index contributed by atoms with van der Waals surface area (Å²) >= 11 is 3.28. The van der Waals surface area contributed by atoms with E-state index in [1.54, 1.807) is 22.7 Å². The molecular formula is C23H25NO3S2. The van der Waals surface area contributed by atoms with Crippen molar-refractivity contribution >= 4 is 34.4 Å². The van der Waals surface area contributed by atoms with Crippen molar-refractivity contribution in [2.45, 2.75) is 45.4 Å². The molecule has 1 N–H and O–H groups in total. The van der Waals surface area contributed by atoms with Crippen molar-refractivity contribution in [1.29, 1.82) is 0 Å². The lowest BCUT2D eigenvalue weighted by molar-refractivity contribution is -0.140. The lowest BCUT2D eigenvalue weighted by atomic mass is 9.73. The molecule has 6 heteroatoms. The smallest absolute Gasteiger partial charge is 0.336 e. The molecule has 29 heavy (non-hydrogen) atoms. The van der Waals surface area contributed by atoms with Gasteiger partial charge in [-0.15, -0.1) is 11.3 Å². The highest BCUT2D eigenvalue weighted by molar-refractivity contribution is 7.10. The number of ether oxygens (including phenoxy) is 1. The Morgan fingerprint density at radius 3 is 2.76 bits per heavy atom. The van der Waals surface area contributed by atoms with Gasteiger partial charge in [-0.3, -0.25) is 4.79 Å². The van der Waals surface area contributed by atoms with E-state index in [0.29, 0.717) is 18.6 Å². The average Bonchev–Trinajstić information content (AvgIpc) is 3.38. The lowest BCUT2D eigenvalue weighted by Crippen LogP contribution is -2.36. The number of rotatable bonds is 5. The van der Waals surface area contributed by atoms with Gasteiger partial charge in [0.25, 0.3) is 0 Å². The number of Topliss-reactive ketones (excluding diaryl/α,β-unsaturated/α-hetero) is 1. The summed E-state index contributed by atoms with van der Waals surface area (Å²) in [6.07, 6.45) is 1.27. The molecule has 0 amide bonds. The van der Waals surface area contributed by atoms with E-state index < -0.39 is 0 Å². The third kappa shape index (κ3) is 3.96. The Hall–Kier alpha value is -2.18. The van der Waals surface area contributed by atoms with E-state index >= 15 is 0 Å². The Kier molecular flexibility index (Phi) is 5.74. The maximum Gasteiger partial charge on any atom is 0.336 e. The van der Waals surface area contributed by atoms with Crippen LogP contribution in [0.25, 0.3) is 0 Å². The van der Waals surface area contributed by atoms with E-state index in [2.05, 4.69) is 16.8 Å². The van der Waals surface area contributed by atoms with Crippen LogP contribution >= 0.6 is 22.7 Å². The van der Waals surface area contributed by atoms with Crippen LogP contribution in [0.3, 0.4) is 0 Å². The van der Waals surface area contributed by atoms with Crippen molar-refractivity contribution in [2.24, 2.45) is 5.92 Å². The number of ketones is 1. The maximum absolute atomic E-state index is 13.3. The molecule has 0 saturated carbocycles. The Bertz CT molecular complexity index is 968. The lowest BCUT2D eigenvalue weighted by Gasteiger charge is -2.36. The number of nitrogens with one attached hydrogen (secondary N) is 1. The molecule has 0 saturated heterocycles. The van der Waals surface area contributed by atoms with Crippen LogP contribution in [0.1, 0.15) is 55.9 Å². The molecule has 0 spiro atoms. The zero-order chi connectivity index (χ0) is 20.5. The van der Waals surface area contributed by atoms with E-state index in [1.165, 1.54) is 4.88 Å². The van der Waals surface area contributed by atoms with E-state index in [0.717, 1.165) is 29.0 Å². The molecule has 3 heterocycles. The highest BCUT2D eigenvalue weighted by Gasteiger charge is 2.41. The SMILES string of the molecule is CC1=C(C(=O)OCC(C)C)[C@H](c2ccsc2)C2=C(C[C@H](c3cccs3)CC2=O)N1. The first kappa shape index (κ1) is 20.1. The molecule has 1 aliphatic heterocycles. The standard InChI is InChI=1S/C23H25NO3S2/c1-13(2)11-27-23(26)20-14(3)24-17-9-16(19-5-4-7-29-19)10-18(25)22(17)21(20)15-6-8-28-12-15/h4-8,12-13,16,21,24H,9-11H2,1-3H3/t16-,21-/m0/s1. The molecule has 0 aromatic carbocycles. The molecule has 0 unspecified atom stereocenters. The van der Waals surface area contributed by atoms with Crippen LogP contribution in [-0.2, 0) is 14.3 Å². The van der Waals surface area contributed by atoms with Crippen LogP contribution < -0.4 is 5.32 Å². The van der Waals surface area contributed by atoms with Crippen LogP contribution in [0.15, 0.2) is 56.9 Å². The van der Waals surface area contributed by atoms with Gasteiger partial charge in [0.1, 0.15) is 0 Å². The Morgan fingerprint density at radius 1 is 1.28 bits per heavy atom. The minimum atomic E-state index is -0.353. The summed E-state index contributed by atoms with van der Waals surface area (Å²) in [6.45, 7) is 6.31. The molecular weight excluding hydrogens is 402 g/mol. The fourth-order valence-electron chi connectivity index (χ4n) is 4.13. The summed E-state index contributed by atoms with van der Waals surface area (Å²) in [5.41, 5.74) is 4.02. The minimum Gasteiger partial charge on any atom is -0.462 e. The second-order valence-electron chi connectivity index (χ2n) is 8.08. The molecule has 4 nitrogen and oxygen atoms in total. The summed E-state index contributed by atoms with van der Waals surface area (Å²) < 4.78 is 5.57. The van der Waals surface area contributed by atoms with E-state index in [4.69, 9.17) is 4.74 Å². The molecule has 152 valence electrons. The van der Waals surface area contributed by atoms with Crippen LogP contribution in [0, 0.1) is 5.92 Å². The quantitative estimate of drug-likeness (QED) is 0.652. The number of hydrogen-bond acceptors (Lipinski definition) is 6. The largest absolute Gasteiger partial charge is 0.462 e. The van der Waals surface area contributed by atoms with Crippen LogP contribution in [0.5, 0.6) is 0 Å². The normalized spacial score (nSPS) is 22.0. The van der Waals surface area contributed by atoms with Gasteiger partial charge in [-0.05, 0) is 53.1 Å². The van der Waals surface area contributed by atoms with Crippen LogP contribution in [-0.4, -0.2) is 18.4 Å². The summed E-state index contributed by atoms with van der Waals surface area (Å²) in [7, 11) is 0. The van der Waals surface area contributed by atoms with Crippen molar-refractivity contribution in [3.63, 3.8) is 0 Å². The topological polar surface area (TPSA) is 55.4 Å². The molecule has 0 fully saturated rings. The summed E-state index contributed by atoms with van der Waals surface area (Å²) in [5.74, 6) is -0.114. The summed E-state index contributed by atoms with van der Waals surface area (Å²) in [6, 6.07) is 6.14.